The highest BCUT2D eigenvalue weighted by Crippen LogP contribution is 2.25. The molecule has 1 aromatic rings. The highest BCUT2D eigenvalue weighted by molar-refractivity contribution is 5.35. The third-order valence-electron chi connectivity index (χ3n) is 2.50. The number of benzene rings is 1. The van der Waals surface area contributed by atoms with Gasteiger partial charge in [-0.1, -0.05) is 18.2 Å². The number of halogens is 2. The van der Waals surface area contributed by atoms with E-state index < -0.39 is 6.61 Å². The van der Waals surface area contributed by atoms with Gasteiger partial charge < -0.3 is 14.8 Å². The first-order valence-corrected chi connectivity index (χ1v) is 6.00. The molecule has 0 saturated heterocycles. The van der Waals surface area contributed by atoms with Gasteiger partial charge in [0.05, 0.1) is 6.61 Å². The zero-order valence-corrected chi connectivity index (χ0v) is 10.7. The third kappa shape index (κ3) is 4.98. The molecule has 0 aliphatic heterocycles. The molecule has 0 saturated carbocycles. The summed E-state index contributed by atoms with van der Waals surface area (Å²) < 4.78 is 34.2. The van der Waals surface area contributed by atoms with E-state index in [9.17, 15) is 8.78 Å². The van der Waals surface area contributed by atoms with Crippen molar-refractivity contribution in [3.05, 3.63) is 29.8 Å². The van der Waals surface area contributed by atoms with E-state index in [1.165, 1.54) is 0 Å². The zero-order valence-electron chi connectivity index (χ0n) is 10.7. The second-order valence-electron chi connectivity index (χ2n) is 3.79. The van der Waals surface area contributed by atoms with Gasteiger partial charge in [0.2, 0.25) is 0 Å². The van der Waals surface area contributed by atoms with Crippen LogP contribution in [0, 0.1) is 0 Å². The Balaban J connectivity index is 2.57. The Bertz CT molecular complexity index is 348. The molecule has 1 unspecified atom stereocenters. The average Bonchev–Trinajstić information content (AvgIpc) is 2.34. The van der Waals surface area contributed by atoms with E-state index in [1.54, 1.807) is 24.3 Å². The maximum atomic E-state index is 12.3. The number of alkyl halides is 2. The molecule has 0 aliphatic rings. The number of rotatable bonds is 8. The van der Waals surface area contributed by atoms with Crippen molar-refractivity contribution in [2.24, 2.45) is 0 Å². The third-order valence-corrected chi connectivity index (χ3v) is 2.50. The van der Waals surface area contributed by atoms with Gasteiger partial charge in [-0.15, -0.1) is 0 Å². The molecule has 1 N–H and O–H groups in total. The summed E-state index contributed by atoms with van der Waals surface area (Å²) in [7, 11) is 0. The van der Waals surface area contributed by atoms with Crippen LogP contribution in [0.25, 0.3) is 0 Å². The quantitative estimate of drug-likeness (QED) is 0.728. The number of hydrogen-bond acceptors (Lipinski definition) is 3. The van der Waals surface area contributed by atoms with Crippen LogP contribution in [0.1, 0.15) is 25.5 Å². The Morgan fingerprint density at radius 2 is 2.00 bits per heavy atom. The molecule has 1 atom stereocenters. The van der Waals surface area contributed by atoms with Crippen LogP contribution in [0.3, 0.4) is 0 Å². The topological polar surface area (TPSA) is 30.5 Å². The van der Waals surface area contributed by atoms with E-state index in [0.29, 0.717) is 25.3 Å². The van der Waals surface area contributed by atoms with Crippen molar-refractivity contribution in [3.63, 3.8) is 0 Å². The minimum absolute atomic E-state index is 0.0691. The Morgan fingerprint density at radius 1 is 1.28 bits per heavy atom. The molecule has 1 aromatic carbocycles. The van der Waals surface area contributed by atoms with E-state index in [-0.39, 0.29) is 11.8 Å². The molecule has 0 amide bonds. The Labute approximate surface area is 106 Å². The second-order valence-corrected chi connectivity index (χ2v) is 3.79. The lowest BCUT2D eigenvalue weighted by Crippen LogP contribution is -2.24. The second kappa shape index (κ2) is 8.00. The number of para-hydroxylation sites is 1. The fourth-order valence-corrected chi connectivity index (χ4v) is 1.64. The summed E-state index contributed by atoms with van der Waals surface area (Å²) in [6.45, 7) is 2.95. The van der Waals surface area contributed by atoms with Crippen LogP contribution in [-0.2, 0) is 4.74 Å². The smallest absolute Gasteiger partial charge is 0.387 e. The lowest BCUT2D eigenvalue weighted by atomic mass is 10.1. The van der Waals surface area contributed by atoms with E-state index in [2.05, 4.69) is 10.1 Å². The molecule has 0 aromatic heterocycles. The molecule has 0 aliphatic carbocycles. The van der Waals surface area contributed by atoms with Crippen LogP contribution in [-0.4, -0.2) is 26.4 Å². The first-order chi connectivity index (χ1) is 8.65. The number of nitrogens with one attached hydrogen (secondary N) is 1. The highest BCUT2D eigenvalue weighted by atomic mass is 19.3. The standard InChI is InChI=1S/C13H19F2NO2/c1-3-17-9-8-16-10(2)11-6-4-5-7-12(11)18-13(14)15/h4-7,10,13,16H,3,8-9H2,1-2H3. The van der Waals surface area contributed by atoms with Crippen LogP contribution >= 0.6 is 0 Å². The highest BCUT2D eigenvalue weighted by Gasteiger charge is 2.13. The molecule has 0 bridgehead atoms. The molecular weight excluding hydrogens is 240 g/mol. The Hall–Kier alpha value is -1.20. The van der Waals surface area contributed by atoms with E-state index >= 15 is 0 Å². The minimum Gasteiger partial charge on any atom is -0.434 e. The van der Waals surface area contributed by atoms with Gasteiger partial charge in [-0.3, -0.25) is 0 Å². The predicted octanol–water partition coefficient (Wildman–Crippen LogP) is 2.98. The lowest BCUT2D eigenvalue weighted by molar-refractivity contribution is -0.0506. The van der Waals surface area contributed by atoms with Crippen molar-refractivity contribution < 1.29 is 18.3 Å². The Kier molecular flexibility index (Phi) is 6.60. The molecule has 18 heavy (non-hydrogen) atoms. The van der Waals surface area contributed by atoms with Gasteiger partial charge >= 0.3 is 6.61 Å². The van der Waals surface area contributed by atoms with Crippen LogP contribution in [0.4, 0.5) is 8.78 Å². The fourth-order valence-electron chi connectivity index (χ4n) is 1.64. The van der Waals surface area contributed by atoms with Crippen molar-refractivity contribution in [1.29, 1.82) is 0 Å². The number of hydrogen-bond donors (Lipinski definition) is 1. The molecular formula is C13H19F2NO2. The van der Waals surface area contributed by atoms with Crippen LogP contribution in [0.2, 0.25) is 0 Å². The summed E-state index contributed by atoms with van der Waals surface area (Å²) >= 11 is 0. The molecule has 0 heterocycles. The van der Waals surface area contributed by atoms with Gasteiger partial charge in [-0.2, -0.15) is 8.78 Å². The van der Waals surface area contributed by atoms with Crippen molar-refractivity contribution in [1.82, 2.24) is 5.32 Å². The van der Waals surface area contributed by atoms with Gasteiger partial charge in [0, 0.05) is 24.8 Å². The first-order valence-electron chi connectivity index (χ1n) is 6.00. The van der Waals surface area contributed by atoms with Crippen molar-refractivity contribution in [2.75, 3.05) is 19.8 Å². The normalized spacial score (nSPS) is 12.7. The SMILES string of the molecule is CCOCCNC(C)c1ccccc1OC(F)F. The fraction of sp³-hybridized carbons (Fsp3) is 0.538. The average molecular weight is 259 g/mol. The van der Waals surface area contributed by atoms with Crippen molar-refractivity contribution >= 4 is 0 Å². The number of ether oxygens (including phenoxy) is 2. The van der Waals surface area contributed by atoms with Crippen LogP contribution in [0.5, 0.6) is 5.75 Å². The Morgan fingerprint density at radius 3 is 2.67 bits per heavy atom. The van der Waals surface area contributed by atoms with Crippen molar-refractivity contribution in [2.45, 2.75) is 26.5 Å². The van der Waals surface area contributed by atoms with Crippen molar-refractivity contribution in [3.8, 4) is 5.75 Å². The van der Waals surface area contributed by atoms with Gasteiger partial charge in [-0.05, 0) is 19.9 Å². The molecule has 3 nitrogen and oxygen atoms in total. The summed E-state index contributed by atoms with van der Waals surface area (Å²) in [5.74, 6) is 0.212. The maximum Gasteiger partial charge on any atom is 0.387 e. The summed E-state index contributed by atoms with van der Waals surface area (Å²) in [6, 6.07) is 6.72. The predicted molar refractivity (Wildman–Crippen MR) is 66.0 cm³/mol. The minimum atomic E-state index is -2.80. The summed E-state index contributed by atoms with van der Waals surface area (Å²) in [4.78, 5) is 0. The maximum absolute atomic E-state index is 12.3. The molecule has 0 fully saturated rings. The van der Waals surface area contributed by atoms with E-state index in [1.807, 2.05) is 13.8 Å². The van der Waals surface area contributed by atoms with Crippen LogP contribution < -0.4 is 10.1 Å². The largest absolute Gasteiger partial charge is 0.434 e. The monoisotopic (exact) mass is 259 g/mol. The summed E-state index contributed by atoms with van der Waals surface area (Å²) in [5, 5.41) is 3.20. The summed E-state index contributed by atoms with van der Waals surface area (Å²) in [5.41, 5.74) is 0.717. The summed E-state index contributed by atoms with van der Waals surface area (Å²) in [6.07, 6.45) is 0. The molecule has 1 rings (SSSR count). The zero-order chi connectivity index (χ0) is 13.4. The molecule has 0 radical (unpaired) electrons. The molecule has 0 spiro atoms. The lowest BCUT2D eigenvalue weighted by Gasteiger charge is -2.18. The van der Waals surface area contributed by atoms with Gasteiger partial charge in [0.1, 0.15) is 5.75 Å². The molecule has 102 valence electrons. The van der Waals surface area contributed by atoms with Gasteiger partial charge in [-0.25, -0.2) is 0 Å². The van der Waals surface area contributed by atoms with Crippen LogP contribution in [0.15, 0.2) is 24.3 Å². The van der Waals surface area contributed by atoms with Gasteiger partial charge in [0.15, 0.2) is 0 Å². The van der Waals surface area contributed by atoms with Gasteiger partial charge in [0.25, 0.3) is 0 Å². The molecule has 5 heteroatoms. The van der Waals surface area contributed by atoms with E-state index in [0.717, 1.165) is 0 Å². The first kappa shape index (κ1) is 14.9. The van der Waals surface area contributed by atoms with E-state index in [4.69, 9.17) is 4.74 Å².